The average Bonchev–Trinajstić information content (AvgIpc) is 2.88. The SMILES string of the molecule is Nc1ccc(-c2nnnn2C2CCS(=O)CC2)c(Cl)c1. The summed E-state index contributed by atoms with van der Waals surface area (Å²) in [4.78, 5) is 0. The van der Waals surface area contributed by atoms with E-state index in [1.54, 1.807) is 16.8 Å². The maximum Gasteiger partial charge on any atom is 0.183 e. The van der Waals surface area contributed by atoms with Gasteiger partial charge in [-0.2, -0.15) is 0 Å². The molecule has 2 N–H and O–H groups in total. The lowest BCUT2D eigenvalue weighted by molar-refractivity contribution is 0.415. The summed E-state index contributed by atoms with van der Waals surface area (Å²) in [5.74, 6) is 2.02. The van der Waals surface area contributed by atoms with Gasteiger partial charge in [0.1, 0.15) is 0 Å². The van der Waals surface area contributed by atoms with Crippen molar-refractivity contribution in [1.29, 1.82) is 0 Å². The number of aromatic nitrogens is 4. The zero-order chi connectivity index (χ0) is 14.1. The van der Waals surface area contributed by atoms with E-state index in [9.17, 15) is 4.21 Å². The van der Waals surface area contributed by atoms with Crippen LogP contribution in [0.1, 0.15) is 18.9 Å². The summed E-state index contributed by atoms with van der Waals surface area (Å²) in [6, 6.07) is 5.45. The molecule has 0 unspecified atom stereocenters. The second-order valence-corrected chi connectivity index (χ2v) is 6.87. The van der Waals surface area contributed by atoms with Crippen LogP contribution in [0.25, 0.3) is 11.4 Å². The molecule has 0 spiro atoms. The highest BCUT2D eigenvalue weighted by molar-refractivity contribution is 7.85. The fraction of sp³-hybridized carbons (Fsp3) is 0.417. The molecule has 2 aromatic rings. The fourth-order valence-corrected chi connectivity index (χ4v) is 3.90. The van der Waals surface area contributed by atoms with Gasteiger partial charge in [0.25, 0.3) is 0 Å². The lowest BCUT2D eigenvalue weighted by atomic mass is 10.1. The first-order valence-corrected chi connectivity index (χ1v) is 8.20. The number of tetrazole rings is 1. The molecule has 0 saturated carbocycles. The molecule has 1 aliphatic rings. The van der Waals surface area contributed by atoms with Gasteiger partial charge in [-0.25, -0.2) is 4.68 Å². The van der Waals surface area contributed by atoms with E-state index >= 15 is 0 Å². The lowest BCUT2D eigenvalue weighted by Crippen LogP contribution is -2.23. The van der Waals surface area contributed by atoms with E-state index in [4.69, 9.17) is 17.3 Å². The van der Waals surface area contributed by atoms with Crippen molar-refractivity contribution in [2.45, 2.75) is 18.9 Å². The quantitative estimate of drug-likeness (QED) is 0.852. The Balaban J connectivity index is 1.95. The van der Waals surface area contributed by atoms with E-state index in [-0.39, 0.29) is 6.04 Å². The van der Waals surface area contributed by atoms with Gasteiger partial charge in [0.2, 0.25) is 0 Å². The van der Waals surface area contributed by atoms with Crippen molar-refractivity contribution in [2.75, 3.05) is 17.2 Å². The van der Waals surface area contributed by atoms with Crippen LogP contribution in [0.4, 0.5) is 5.69 Å². The molecule has 1 saturated heterocycles. The van der Waals surface area contributed by atoms with Crippen LogP contribution in [-0.2, 0) is 10.8 Å². The van der Waals surface area contributed by atoms with Crippen LogP contribution in [-0.4, -0.2) is 35.9 Å². The molecule has 8 heteroatoms. The van der Waals surface area contributed by atoms with E-state index in [1.807, 2.05) is 6.07 Å². The molecule has 106 valence electrons. The topological polar surface area (TPSA) is 86.7 Å². The molecule has 20 heavy (non-hydrogen) atoms. The molecule has 2 heterocycles. The van der Waals surface area contributed by atoms with Crippen LogP contribution in [0.2, 0.25) is 5.02 Å². The second kappa shape index (κ2) is 5.49. The molecule has 1 aromatic heterocycles. The fourth-order valence-electron chi connectivity index (χ4n) is 2.36. The minimum absolute atomic E-state index is 0.173. The van der Waals surface area contributed by atoms with Crippen LogP contribution < -0.4 is 5.73 Å². The predicted octanol–water partition coefficient (Wildman–Crippen LogP) is 1.66. The molecular formula is C12H14ClN5OS. The van der Waals surface area contributed by atoms with Crippen LogP contribution in [0.5, 0.6) is 0 Å². The number of anilines is 1. The summed E-state index contributed by atoms with van der Waals surface area (Å²) < 4.78 is 13.2. The summed E-state index contributed by atoms with van der Waals surface area (Å²) in [5.41, 5.74) is 7.06. The Bertz CT molecular complexity index is 649. The molecule has 0 aliphatic carbocycles. The standard InChI is InChI=1S/C12H14ClN5OS/c13-11-7-8(14)1-2-10(11)12-15-16-17-18(12)9-3-5-20(19)6-4-9/h1-2,7,9H,3-6,14H2. The smallest absolute Gasteiger partial charge is 0.183 e. The van der Waals surface area contributed by atoms with Gasteiger partial charge in [-0.15, -0.1) is 5.10 Å². The molecule has 0 atom stereocenters. The zero-order valence-electron chi connectivity index (χ0n) is 10.7. The van der Waals surface area contributed by atoms with Crippen LogP contribution in [0, 0.1) is 0 Å². The molecular weight excluding hydrogens is 298 g/mol. The normalized spacial score (nSPS) is 22.9. The van der Waals surface area contributed by atoms with Crippen molar-refractivity contribution >= 4 is 28.1 Å². The van der Waals surface area contributed by atoms with Gasteiger partial charge in [-0.05, 0) is 41.5 Å². The van der Waals surface area contributed by atoms with E-state index < -0.39 is 10.8 Å². The summed E-state index contributed by atoms with van der Waals surface area (Å²) in [6.07, 6.45) is 1.63. The maximum atomic E-state index is 11.4. The number of rotatable bonds is 2. The Labute approximate surface area is 123 Å². The Morgan fingerprint density at radius 1 is 1.35 bits per heavy atom. The number of halogens is 1. The van der Waals surface area contributed by atoms with E-state index in [0.717, 1.165) is 18.4 Å². The monoisotopic (exact) mass is 311 g/mol. The Morgan fingerprint density at radius 2 is 2.10 bits per heavy atom. The van der Waals surface area contributed by atoms with Crippen LogP contribution in [0.3, 0.4) is 0 Å². The summed E-state index contributed by atoms with van der Waals surface area (Å²) in [6.45, 7) is 0. The van der Waals surface area contributed by atoms with Gasteiger partial charge in [0.15, 0.2) is 5.82 Å². The number of nitrogen functional groups attached to an aromatic ring is 1. The minimum Gasteiger partial charge on any atom is -0.399 e. The second-order valence-electron chi connectivity index (χ2n) is 4.77. The predicted molar refractivity (Wildman–Crippen MR) is 78.8 cm³/mol. The molecule has 0 bridgehead atoms. The first kappa shape index (κ1) is 13.5. The molecule has 1 aromatic carbocycles. The Morgan fingerprint density at radius 3 is 2.80 bits per heavy atom. The highest BCUT2D eigenvalue weighted by Gasteiger charge is 2.24. The van der Waals surface area contributed by atoms with E-state index in [0.29, 0.717) is 28.0 Å². The summed E-state index contributed by atoms with van der Waals surface area (Å²) in [7, 11) is -0.706. The molecule has 0 radical (unpaired) electrons. The highest BCUT2D eigenvalue weighted by Crippen LogP contribution is 2.31. The maximum absolute atomic E-state index is 11.4. The van der Waals surface area contributed by atoms with Crippen molar-refractivity contribution in [2.24, 2.45) is 0 Å². The third-order valence-corrected chi connectivity index (χ3v) is 5.13. The first-order chi connectivity index (χ1) is 9.65. The number of hydrogen-bond donors (Lipinski definition) is 1. The van der Waals surface area contributed by atoms with Crippen molar-refractivity contribution in [3.8, 4) is 11.4 Å². The number of nitrogens with zero attached hydrogens (tertiary/aromatic N) is 4. The highest BCUT2D eigenvalue weighted by atomic mass is 35.5. The average molecular weight is 312 g/mol. The lowest BCUT2D eigenvalue weighted by Gasteiger charge is -2.22. The number of benzene rings is 1. The number of nitrogens with two attached hydrogens (primary N) is 1. The minimum atomic E-state index is -0.706. The van der Waals surface area contributed by atoms with Gasteiger partial charge in [0, 0.05) is 33.6 Å². The largest absolute Gasteiger partial charge is 0.399 e. The van der Waals surface area contributed by atoms with Gasteiger partial charge < -0.3 is 5.73 Å². The summed E-state index contributed by atoms with van der Waals surface area (Å²) >= 11 is 6.22. The third kappa shape index (κ3) is 2.55. The van der Waals surface area contributed by atoms with Crippen LogP contribution in [0.15, 0.2) is 18.2 Å². The van der Waals surface area contributed by atoms with Crippen molar-refractivity contribution in [1.82, 2.24) is 20.2 Å². The Hall–Kier alpha value is -1.47. The third-order valence-electron chi connectivity index (χ3n) is 3.43. The van der Waals surface area contributed by atoms with Crippen molar-refractivity contribution in [3.05, 3.63) is 23.2 Å². The van der Waals surface area contributed by atoms with E-state index in [1.165, 1.54) is 0 Å². The number of hydrogen-bond acceptors (Lipinski definition) is 5. The molecule has 1 fully saturated rings. The van der Waals surface area contributed by atoms with Gasteiger partial charge in [-0.1, -0.05) is 11.6 Å². The van der Waals surface area contributed by atoms with E-state index in [2.05, 4.69) is 15.5 Å². The van der Waals surface area contributed by atoms with Crippen molar-refractivity contribution < 1.29 is 4.21 Å². The molecule has 1 aliphatic heterocycles. The van der Waals surface area contributed by atoms with Crippen molar-refractivity contribution in [3.63, 3.8) is 0 Å². The van der Waals surface area contributed by atoms with Crippen LogP contribution >= 0.6 is 11.6 Å². The Kier molecular flexibility index (Phi) is 3.71. The molecule has 6 nitrogen and oxygen atoms in total. The zero-order valence-corrected chi connectivity index (χ0v) is 12.3. The molecule has 3 rings (SSSR count). The van der Waals surface area contributed by atoms with Gasteiger partial charge in [-0.3, -0.25) is 4.21 Å². The van der Waals surface area contributed by atoms with Gasteiger partial charge >= 0.3 is 0 Å². The molecule has 0 amide bonds. The summed E-state index contributed by atoms with van der Waals surface area (Å²) in [5, 5.41) is 12.4. The first-order valence-electron chi connectivity index (χ1n) is 6.33. The van der Waals surface area contributed by atoms with Gasteiger partial charge in [0.05, 0.1) is 11.1 Å².